The van der Waals surface area contributed by atoms with E-state index in [1.54, 1.807) is 0 Å². The average molecular weight is 244 g/mol. The van der Waals surface area contributed by atoms with Gasteiger partial charge in [0.1, 0.15) is 5.52 Å². The lowest BCUT2D eigenvalue weighted by molar-refractivity contribution is 0.301. The number of para-hydroxylation sites is 1. The van der Waals surface area contributed by atoms with Gasteiger partial charge in [-0.3, -0.25) is 0 Å². The van der Waals surface area contributed by atoms with Crippen molar-refractivity contribution in [3.63, 3.8) is 0 Å². The third-order valence-electron chi connectivity index (χ3n) is 4.17. The fourth-order valence-electron chi connectivity index (χ4n) is 2.92. The number of aryl methyl sites for hydroxylation is 1. The number of aromatic nitrogens is 1. The standard InChI is InChI=1S/C15H20N2O/c1-10-3-2-4-13-14(10)17-15(18-13)12-7-5-11(9-16)6-8-12/h2-4,11-12H,5-9,16H2,1H3. The highest BCUT2D eigenvalue weighted by Gasteiger charge is 2.25. The first-order chi connectivity index (χ1) is 8.78. The number of fused-ring (bicyclic) bond motifs is 1. The minimum Gasteiger partial charge on any atom is -0.440 e. The molecular formula is C15H20N2O. The minimum atomic E-state index is 0.486. The Balaban J connectivity index is 1.85. The maximum atomic E-state index is 5.91. The van der Waals surface area contributed by atoms with Crippen LogP contribution in [0.25, 0.3) is 11.1 Å². The second-order valence-electron chi connectivity index (χ2n) is 5.43. The first kappa shape index (κ1) is 11.7. The number of rotatable bonds is 2. The van der Waals surface area contributed by atoms with Crippen molar-refractivity contribution < 1.29 is 4.42 Å². The molecule has 2 N–H and O–H groups in total. The van der Waals surface area contributed by atoms with Gasteiger partial charge in [0.15, 0.2) is 11.5 Å². The third-order valence-corrected chi connectivity index (χ3v) is 4.17. The van der Waals surface area contributed by atoms with Crippen molar-refractivity contribution in [1.29, 1.82) is 0 Å². The molecule has 2 aromatic rings. The zero-order chi connectivity index (χ0) is 12.5. The Kier molecular flexibility index (Phi) is 3.08. The van der Waals surface area contributed by atoms with Crippen molar-refractivity contribution in [2.45, 2.75) is 38.5 Å². The molecule has 0 radical (unpaired) electrons. The summed E-state index contributed by atoms with van der Waals surface area (Å²) < 4.78 is 5.91. The molecule has 0 bridgehead atoms. The highest BCUT2D eigenvalue weighted by atomic mass is 16.3. The van der Waals surface area contributed by atoms with Crippen LogP contribution in [0.2, 0.25) is 0 Å². The van der Waals surface area contributed by atoms with Crippen molar-refractivity contribution >= 4 is 11.1 Å². The molecular weight excluding hydrogens is 224 g/mol. The van der Waals surface area contributed by atoms with Crippen LogP contribution < -0.4 is 5.73 Å². The van der Waals surface area contributed by atoms with Gasteiger partial charge in [-0.05, 0) is 56.7 Å². The van der Waals surface area contributed by atoms with Crippen molar-refractivity contribution in [3.05, 3.63) is 29.7 Å². The van der Waals surface area contributed by atoms with Gasteiger partial charge in [0.2, 0.25) is 0 Å². The van der Waals surface area contributed by atoms with Crippen LogP contribution in [0.1, 0.15) is 43.1 Å². The SMILES string of the molecule is Cc1cccc2oc(C3CCC(CN)CC3)nc12. The lowest BCUT2D eigenvalue weighted by atomic mass is 9.82. The smallest absolute Gasteiger partial charge is 0.198 e. The molecule has 1 heterocycles. The number of nitrogens with zero attached hydrogens (tertiary/aromatic N) is 1. The molecule has 1 aromatic carbocycles. The van der Waals surface area contributed by atoms with Gasteiger partial charge in [-0.15, -0.1) is 0 Å². The molecule has 3 rings (SSSR count). The average Bonchev–Trinajstić information content (AvgIpc) is 2.84. The van der Waals surface area contributed by atoms with Gasteiger partial charge in [0.25, 0.3) is 0 Å². The molecule has 1 saturated carbocycles. The molecule has 18 heavy (non-hydrogen) atoms. The summed E-state index contributed by atoms with van der Waals surface area (Å²) in [6.07, 6.45) is 4.74. The second kappa shape index (κ2) is 4.73. The summed E-state index contributed by atoms with van der Waals surface area (Å²) in [5, 5.41) is 0. The van der Waals surface area contributed by atoms with E-state index < -0.39 is 0 Å². The van der Waals surface area contributed by atoms with E-state index in [0.717, 1.165) is 36.4 Å². The van der Waals surface area contributed by atoms with E-state index in [9.17, 15) is 0 Å². The maximum Gasteiger partial charge on any atom is 0.198 e. The van der Waals surface area contributed by atoms with Crippen molar-refractivity contribution in [2.75, 3.05) is 6.54 Å². The highest BCUT2D eigenvalue weighted by Crippen LogP contribution is 2.36. The molecule has 3 heteroatoms. The molecule has 0 amide bonds. The van der Waals surface area contributed by atoms with E-state index in [0.29, 0.717) is 11.8 Å². The Morgan fingerprint density at radius 1 is 1.28 bits per heavy atom. The van der Waals surface area contributed by atoms with E-state index in [1.807, 2.05) is 12.1 Å². The van der Waals surface area contributed by atoms with E-state index >= 15 is 0 Å². The summed E-state index contributed by atoms with van der Waals surface area (Å²) in [5.41, 5.74) is 8.87. The van der Waals surface area contributed by atoms with Crippen LogP contribution in [0, 0.1) is 12.8 Å². The first-order valence-electron chi connectivity index (χ1n) is 6.84. The summed E-state index contributed by atoms with van der Waals surface area (Å²) in [7, 11) is 0. The predicted molar refractivity (Wildman–Crippen MR) is 72.5 cm³/mol. The summed E-state index contributed by atoms with van der Waals surface area (Å²) in [6, 6.07) is 6.11. The van der Waals surface area contributed by atoms with E-state index in [4.69, 9.17) is 10.2 Å². The van der Waals surface area contributed by atoms with Crippen LogP contribution >= 0.6 is 0 Å². The second-order valence-corrected chi connectivity index (χ2v) is 5.43. The molecule has 0 aliphatic heterocycles. The fraction of sp³-hybridized carbons (Fsp3) is 0.533. The fourth-order valence-corrected chi connectivity index (χ4v) is 2.92. The number of benzene rings is 1. The lowest BCUT2D eigenvalue weighted by Crippen LogP contribution is -2.20. The highest BCUT2D eigenvalue weighted by molar-refractivity contribution is 5.76. The maximum absolute atomic E-state index is 5.91. The summed E-state index contributed by atoms with van der Waals surface area (Å²) in [5.74, 6) is 2.11. The van der Waals surface area contributed by atoms with Gasteiger partial charge in [-0.1, -0.05) is 12.1 Å². The van der Waals surface area contributed by atoms with Crippen LogP contribution in [0.15, 0.2) is 22.6 Å². The van der Waals surface area contributed by atoms with Crippen LogP contribution in [-0.4, -0.2) is 11.5 Å². The molecule has 1 aliphatic rings. The third kappa shape index (κ3) is 2.03. The monoisotopic (exact) mass is 244 g/mol. The van der Waals surface area contributed by atoms with Crippen molar-refractivity contribution in [1.82, 2.24) is 4.98 Å². The Labute approximate surface area is 107 Å². The molecule has 0 unspecified atom stereocenters. The zero-order valence-corrected chi connectivity index (χ0v) is 10.9. The Morgan fingerprint density at radius 2 is 2.06 bits per heavy atom. The van der Waals surface area contributed by atoms with E-state index in [1.165, 1.54) is 18.4 Å². The number of oxazole rings is 1. The van der Waals surface area contributed by atoms with Crippen molar-refractivity contribution in [2.24, 2.45) is 11.7 Å². The first-order valence-corrected chi connectivity index (χ1v) is 6.84. The molecule has 0 spiro atoms. The molecule has 0 atom stereocenters. The van der Waals surface area contributed by atoms with Crippen LogP contribution in [-0.2, 0) is 0 Å². The largest absolute Gasteiger partial charge is 0.440 e. The zero-order valence-electron chi connectivity index (χ0n) is 10.9. The number of nitrogens with two attached hydrogens (primary N) is 1. The lowest BCUT2D eigenvalue weighted by Gasteiger charge is -2.25. The summed E-state index contributed by atoms with van der Waals surface area (Å²) in [6.45, 7) is 2.90. The Bertz CT molecular complexity index is 538. The Hall–Kier alpha value is -1.35. The summed E-state index contributed by atoms with van der Waals surface area (Å²) in [4.78, 5) is 4.69. The molecule has 1 aromatic heterocycles. The van der Waals surface area contributed by atoms with Crippen LogP contribution in [0.5, 0.6) is 0 Å². The topological polar surface area (TPSA) is 52.0 Å². The van der Waals surface area contributed by atoms with Gasteiger partial charge in [0.05, 0.1) is 0 Å². The quantitative estimate of drug-likeness (QED) is 0.881. The molecule has 0 saturated heterocycles. The number of hydrogen-bond donors (Lipinski definition) is 1. The van der Waals surface area contributed by atoms with E-state index in [2.05, 4.69) is 18.0 Å². The summed E-state index contributed by atoms with van der Waals surface area (Å²) >= 11 is 0. The van der Waals surface area contributed by atoms with E-state index in [-0.39, 0.29) is 0 Å². The minimum absolute atomic E-state index is 0.486. The molecule has 96 valence electrons. The molecule has 1 fully saturated rings. The van der Waals surface area contributed by atoms with Gasteiger partial charge in [-0.25, -0.2) is 4.98 Å². The normalized spacial score (nSPS) is 24.6. The van der Waals surface area contributed by atoms with Gasteiger partial charge in [0, 0.05) is 5.92 Å². The van der Waals surface area contributed by atoms with Gasteiger partial charge < -0.3 is 10.2 Å². The predicted octanol–water partition coefficient (Wildman–Crippen LogP) is 3.37. The molecule has 3 nitrogen and oxygen atoms in total. The Morgan fingerprint density at radius 3 is 2.72 bits per heavy atom. The van der Waals surface area contributed by atoms with Gasteiger partial charge in [-0.2, -0.15) is 0 Å². The molecule has 1 aliphatic carbocycles. The van der Waals surface area contributed by atoms with Crippen molar-refractivity contribution in [3.8, 4) is 0 Å². The number of hydrogen-bond acceptors (Lipinski definition) is 3. The van der Waals surface area contributed by atoms with Gasteiger partial charge >= 0.3 is 0 Å². The van der Waals surface area contributed by atoms with Crippen LogP contribution in [0.4, 0.5) is 0 Å². The van der Waals surface area contributed by atoms with Crippen LogP contribution in [0.3, 0.4) is 0 Å².